The minimum Gasteiger partial charge on any atom is -0.466 e. The molecule has 0 bridgehead atoms. The zero-order chi connectivity index (χ0) is 9.10. The second kappa shape index (κ2) is 4.02. The summed E-state index contributed by atoms with van der Waals surface area (Å²) in [7, 11) is 0. The molecule has 0 unspecified atom stereocenters. The summed E-state index contributed by atoms with van der Waals surface area (Å²) in [5.41, 5.74) is 7.47. The number of aromatic nitrogens is 2. The van der Waals surface area contributed by atoms with Crippen molar-refractivity contribution < 1.29 is 4.74 Å². The molecule has 5 heteroatoms. The average molecular weight is 199 g/mol. The van der Waals surface area contributed by atoms with Gasteiger partial charge in [0.2, 0.25) is 0 Å². The van der Waals surface area contributed by atoms with Crippen molar-refractivity contribution in [1.82, 2.24) is 10.2 Å². The Balaban J connectivity index is 1.83. The van der Waals surface area contributed by atoms with E-state index in [-0.39, 0.29) is 0 Å². The van der Waals surface area contributed by atoms with Crippen molar-refractivity contribution in [3.63, 3.8) is 0 Å². The lowest BCUT2D eigenvalue weighted by atomic mass is 9.94. The molecular weight excluding hydrogens is 186 g/mol. The Morgan fingerprint density at radius 1 is 1.38 bits per heavy atom. The van der Waals surface area contributed by atoms with Gasteiger partial charge in [0.25, 0.3) is 5.19 Å². The fourth-order valence-corrected chi connectivity index (χ4v) is 2.03. The van der Waals surface area contributed by atoms with Gasteiger partial charge in [0.15, 0.2) is 0 Å². The lowest BCUT2D eigenvalue weighted by Gasteiger charge is -2.25. The van der Waals surface area contributed by atoms with E-state index >= 15 is 0 Å². The maximum atomic E-state index is 5.79. The minimum absolute atomic E-state index is 0.299. The van der Waals surface area contributed by atoms with Gasteiger partial charge < -0.3 is 10.5 Å². The second-order valence-corrected chi connectivity index (χ2v) is 4.16. The van der Waals surface area contributed by atoms with E-state index in [4.69, 9.17) is 10.5 Å². The summed E-state index contributed by atoms with van der Waals surface area (Å²) in [6.45, 7) is 0. The summed E-state index contributed by atoms with van der Waals surface area (Å²) in [5.74, 6) is 0. The molecule has 1 fully saturated rings. The van der Waals surface area contributed by atoms with Gasteiger partial charge in [0.1, 0.15) is 11.6 Å². The van der Waals surface area contributed by atoms with Crippen molar-refractivity contribution in [2.75, 3.05) is 0 Å². The highest BCUT2D eigenvalue weighted by Gasteiger charge is 2.20. The molecule has 0 amide bonds. The van der Waals surface area contributed by atoms with Gasteiger partial charge in [-0.2, -0.15) is 0 Å². The number of nitrogens with zero attached hydrogens (tertiary/aromatic N) is 2. The number of nitrogens with two attached hydrogens (primary N) is 1. The lowest BCUT2D eigenvalue weighted by Crippen LogP contribution is -2.31. The van der Waals surface area contributed by atoms with Gasteiger partial charge >= 0.3 is 0 Å². The summed E-state index contributed by atoms with van der Waals surface area (Å²) in [4.78, 5) is 0. The summed E-state index contributed by atoms with van der Waals surface area (Å²) < 4.78 is 5.63. The van der Waals surface area contributed by atoms with Crippen molar-refractivity contribution in [3.8, 4) is 5.19 Å². The summed E-state index contributed by atoms with van der Waals surface area (Å²) in [6.07, 6.45) is 4.50. The third kappa shape index (κ3) is 2.38. The number of hydrogen-bond donors (Lipinski definition) is 1. The molecule has 72 valence electrons. The van der Waals surface area contributed by atoms with Crippen LogP contribution in [0.5, 0.6) is 5.19 Å². The minimum atomic E-state index is 0.299. The first kappa shape index (κ1) is 8.90. The van der Waals surface area contributed by atoms with Crippen LogP contribution in [0.4, 0.5) is 0 Å². The normalized spacial score (nSPS) is 28.7. The van der Waals surface area contributed by atoms with Gasteiger partial charge in [-0.3, -0.25) is 0 Å². The van der Waals surface area contributed by atoms with E-state index in [1.165, 1.54) is 11.3 Å². The van der Waals surface area contributed by atoms with Crippen LogP contribution in [-0.4, -0.2) is 22.3 Å². The second-order valence-electron chi connectivity index (χ2n) is 3.36. The van der Waals surface area contributed by atoms with Gasteiger partial charge in [-0.1, -0.05) is 11.3 Å². The molecule has 1 heterocycles. The molecule has 1 aliphatic rings. The monoisotopic (exact) mass is 199 g/mol. The highest BCUT2D eigenvalue weighted by molar-refractivity contribution is 7.11. The molecule has 2 N–H and O–H groups in total. The zero-order valence-electron chi connectivity index (χ0n) is 7.35. The Kier molecular flexibility index (Phi) is 2.75. The fourth-order valence-electron chi connectivity index (χ4n) is 1.56. The first-order valence-corrected chi connectivity index (χ1v) is 5.41. The van der Waals surface area contributed by atoms with E-state index in [1.807, 2.05) is 0 Å². The highest BCUT2D eigenvalue weighted by Crippen LogP contribution is 2.23. The van der Waals surface area contributed by atoms with Crippen LogP contribution in [0.25, 0.3) is 0 Å². The van der Waals surface area contributed by atoms with Gasteiger partial charge in [0, 0.05) is 6.04 Å². The maximum absolute atomic E-state index is 5.79. The average Bonchev–Trinajstić information content (AvgIpc) is 2.62. The van der Waals surface area contributed by atoms with Crippen LogP contribution >= 0.6 is 11.3 Å². The molecule has 0 aromatic carbocycles. The molecule has 0 radical (unpaired) electrons. The standard InChI is InChI=1S/C8H13N3OS/c9-6-1-3-7(4-2-6)12-8-11-10-5-13-8/h5-7H,1-4,9H2. The molecule has 0 atom stereocenters. The fraction of sp³-hybridized carbons (Fsp3) is 0.750. The van der Waals surface area contributed by atoms with Crippen molar-refractivity contribution in [3.05, 3.63) is 5.51 Å². The predicted octanol–water partition coefficient (Wildman–Crippen LogP) is 1.19. The molecule has 1 saturated carbocycles. The third-order valence-electron chi connectivity index (χ3n) is 2.33. The third-order valence-corrected chi connectivity index (χ3v) is 2.91. The van der Waals surface area contributed by atoms with Crippen molar-refractivity contribution >= 4 is 11.3 Å². The van der Waals surface area contributed by atoms with Crippen LogP contribution < -0.4 is 10.5 Å². The molecule has 0 spiro atoms. The number of ether oxygens (including phenoxy) is 1. The SMILES string of the molecule is NC1CCC(Oc2nncs2)CC1. The Morgan fingerprint density at radius 2 is 2.15 bits per heavy atom. The van der Waals surface area contributed by atoms with Crippen LogP contribution in [0.15, 0.2) is 5.51 Å². The Labute approximate surface area is 81.1 Å². The number of hydrogen-bond acceptors (Lipinski definition) is 5. The highest BCUT2D eigenvalue weighted by atomic mass is 32.1. The van der Waals surface area contributed by atoms with Crippen molar-refractivity contribution in [2.45, 2.75) is 37.8 Å². The quantitative estimate of drug-likeness (QED) is 0.777. The molecule has 1 aromatic rings. The van der Waals surface area contributed by atoms with E-state index in [0.717, 1.165) is 25.7 Å². The summed E-state index contributed by atoms with van der Waals surface area (Å²) in [6, 6.07) is 0.370. The Hall–Kier alpha value is -0.680. The topological polar surface area (TPSA) is 61.0 Å². The van der Waals surface area contributed by atoms with E-state index < -0.39 is 0 Å². The van der Waals surface area contributed by atoms with Gasteiger partial charge in [-0.25, -0.2) is 0 Å². The largest absolute Gasteiger partial charge is 0.466 e. The molecule has 4 nitrogen and oxygen atoms in total. The van der Waals surface area contributed by atoms with Gasteiger partial charge in [-0.05, 0) is 25.7 Å². The van der Waals surface area contributed by atoms with E-state index in [1.54, 1.807) is 5.51 Å². The molecule has 0 saturated heterocycles. The maximum Gasteiger partial charge on any atom is 0.294 e. The summed E-state index contributed by atoms with van der Waals surface area (Å²) in [5, 5.41) is 8.25. The Bertz CT molecular complexity index is 244. The predicted molar refractivity (Wildman–Crippen MR) is 50.8 cm³/mol. The number of rotatable bonds is 2. The molecule has 2 rings (SSSR count). The zero-order valence-corrected chi connectivity index (χ0v) is 8.17. The van der Waals surface area contributed by atoms with E-state index in [2.05, 4.69) is 10.2 Å². The molecule has 1 aliphatic carbocycles. The Morgan fingerprint density at radius 3 is 2.77 bits per heavy atom. The van der Waals surface area contributed by atoms with Gasteiger partial charge in [-0.15, -0.1) is 10.2 Å². The summed E-state index contributed by atoms with van der Waals surface area (Å²) >= 11 is 1.44. The molecule has 1 aromatic heterocycles. The first-order chi connectivity index (χ1) is 6.34. The molecule has 0 aliphatic heterocycles. The van der Waals surface area contributed by atoms with Crippen molar-refractivity contribution in [1.29, 1.82) is 0 Å². The van der Waals surface area contributed by atoms with Crippen molar-refractivity contribution in [2.24, 2.45) is 5.73 Å². The lowest BCUT2D eigenvalue weighted by molar-refractivity contribution is 0.145. The van der Waals surface area contributed by atoms with Crippen LogP contribution in [-0.2, 0) is 0 Å². The smallest absolute Gasteiger partial charge is 0.294 e. The van der Waals surface area contributed by atoms with Crippen LogP contribution in [0, 0.1) is 0 Å². The van der Waals surface area contributed by atoms with Crippen LogP contribution in [0.2, 0.25) is 0 Å². The first-order valence-electron chi connectivity index (χ1n) is 4.53. The molecule has 13 heavy (non-hydrogen) atoms. The van der Waals surface area contributed by atoms with Crippen LogP contribution in [0.3, 0.4) is 0 Å². The van der Waals surface area contributed by atoms with Crippen LogP contribution in [0.1, 0.15) is 25.7 Å². The van der Waals surface area contributed by atoms with E-state index in [9.17, 15) is 0 Å². The molecular formula is C8H13N3OS. The van der Waals surface area contributed by atoms with E-state index in [0.29, 0.717) is 17.3 Å². The van der Waals surface area contributed by atoms with Gasteiger partial charge in [0.05, 0.1) is 0 Å².